The summed E-state index contributed by atoms with van der Waals surface area (Å²) in [5.74, 6) is -1.27. The molecule has 10 heteroatoms. The number of alkyl halides is 2. The summed E-state index contributed by atoms with van der Waals surface area (Å²) in [5, 5.41) is 16.8. The Bertz CT molecular complexity index is 949. The zero-order chi connectivity index (χ0) is 21.4. The maximum absolute atomic E-state index is 13.5. The summed E-state index contributed by atoms with van der Waals surface area (Å²) < 4.78 is 31.2. The third kappa shape index (κ3) is 4.52. The molecule has 7 nitrogen and oxygen atoms in total. The molecule has 1 aliphatic carbocycles. The van der Waals surface area contributed by atoms with Crippen molar-refractivity contribution >= 4 is 28.3 Å². The first kappa shape index (κ1) is 20.9. The first-order valence-electron chi connectivity index (χ1n) is 10.1. The van der Waals surface area contributed by atoms with Crippen LogP contribution in [0.3, 0.4) is 0 Å². The first-order valence-corrected chi connectivity index (χ1v) is 10.8. The van der Waals surface area contributed by atoms with E-state index in [-0.39, 0.29) is 24.3 Å². The van der Waals surface area contributed by atoms with Crippen LogP contribution in [0.2, 0.25) is 0 Å². The molecule has 0 amide bonds. The molecule has 2 aliphatic rings. The normalized spacial score (nSPS) is 21.8. The minimum absolute atomic E-state index is 0.0358. The summed E-state index contributed by atoms with van der Waals surface area (Å²) >= 11 is 1.35. The van der Waals surface area contributed by atoms with Gasteiger partial charge in [0.25, 0.3) is 0 Å². The number of nitriles is 1. The van der Waals surface area contributed by atoms with Gasteiger partial charge in [-0.1, -0.05) is 0 Å². The fraction of sp³-hybridized carbons (Fsp3) is 0.600. The Kier molecular flexibility index (Phi) is 5.59. The highest BCUT2D eigenvalue weighted by Gasteiger charge is 2.45. The van der Waals surface area contributed by atoms with Crippen molar-refractivity contribution in [3.8, 4) is 6.07 Å². The number of nitrogens with one attached hydrogen (secondary N) is 2. The maximum atomic E-state index is 13.5. The molecule has 0 spiro atoms. The van der Waals surface area contributed by atoms with E-state index in [9.17, 15) is 14.0 Å². The van der Waals surface area contributed by atoms with Crippen LogP contribution in [0.1, 0.15) is 36.9 Å². The molecule has 1 atom stereocenters. The third-order valence-corrected chi connectivity index (χ3v) is 6.58. The molecule has 2 fully saturated rings. The number of anilines is 3. The molecule has 30 heavy (non-hydrogen) atoms. The van der Waals surface area contributed by atoms with Crippen LogP contribution < -0.4 is 15.5 Å². The highest BCUT2D eigenvalue weighted by molar-refractivity contribution is 7.10. The molecule has 4 rings (SSSR count). The van der Waals surface area contributed by atoms with Crippen LogP contribution in [0, 0.1) is 31.1 Å². The Hall–Kier alpha value is -2.38. The fourth-order valence-corrected chi connectivity index (χ4v) is 4.85. The minimum Gasteiger partial charge on any atom is -0.352 e. The van der Waals surface area contributed by atoms with E-state index in [1.807, 2.05) is 19.9 Å². The Morgan fingerprint density at radius 1 is 1.37 bits per heavy atom. The van der Waals surface area contributed by atoms with Gasteiger partial charge >= 0.3 is 0 Å². The van der Waals surface area contributed by atoms with Gasteiger partial charge in [-0.25, -0.2) is 13.8 Å². The van der Waals surface area contributed by atoms with Crippen molar-refractivity contribution in [2.75, 3.05) is 29.9 Å². The predicted molar refractivity (Wildman–Crippen MR) is 112 cm³/mol. The van der Waals surface area contributed by atoms with E-state index >= 15 is 0 Å². The molecule has 1 saturated heterocycles. The van der Waals surface area contributed by atoms with Crippen LogP contribution in [-0.4, -0.2) is 45.4 Å². The SMILES string of the molecule is Cc1cc(Nc2ncc(C)c(N3CC(CC#N)(NCC4CCC(F)(F)C4)C3)n2)sn1. The van der Waals surface area contributed by atoms with Gasteiger partial charge in [-0.05, 0) is 50.3 Å². The van der Waals surface area contributed by atoms with Gasteiger partial charge in [-0.3, -0.25) is 0 Å². The average Bonchev–Trinajstić information content (AvgIpc) is 3.23. The van der Waals surface area contributed by atoms with Gasteiger partial charge in [0.15, 0.2) is 0 Å². The second-order valence-electron chi connectivity index (χ2n) is 8.47. The van der Waals surface area contributed by atoms with Crippen molar-refractivity contribution < 1.29 is 8.78 Å². The summed E-state index contributed by atoms with van der Waals surface area (Å²) in [6.07, 6.45) is 2.54. The summed E-state index contributed by atoms with van der Waals surface area (Å²) in [5.41, 5.74) is 1.50. The lowest BCUT2D eigenvalue weighted by atomic mass is 9.85. The van der Waals surface area contributed by atoms with Crippen molar-refractivity contribution in [1.82, 2.24) is 19.7 Å². The van der Waals surface area contributed by atoms with E-state index in [0.29, 0.717) is 38.4 Å². The molecule has 0 bridgehead atoms. The Morgan fingerprint density at radius 2 is 2.17 bits per heavy atom. The molecule has 0 radical (unpaired) electrons. The smallest absolute Gasteiger partial charge is 0.248 e. The van der Waals surface area contributed by atoms with Crippen molar-refractivity contribution in [2.24, 2.45) is 5.92 Å². The molecule has 1 aliphatic heterocycles. The van der Waals surface area contributed by atoms with E-state index in [1.54, 1.807) is 6.20 Å². The molecule has 3 heterocycles. The number of nitrogens with zero attached hydrogens (tertiary/aromatic N) is 5. The Balaban J connectivity index is 1.40. The molecule has 2 aromatic rings. The van der Waals surface area contributed by atoms with Crippen LogP contribution in [0.15, 0.2) is 12.3 Å². The molecule has 1 unspecified atom stereocenters. The summed E-state index contributed by atoms with van der Waals surface area (Å²) in [6, 6.07) is 4.18. The second kappa shape index (κ2) is 8.04. The van der Waals surface area contributed by atoms with Crippen LogP contribution in [0.5, 0.6) is 0 Å². The second-order valence-corrected chi connectivity index (χ2v) is 9.28. The molecular weight excluding hydrogens is 408 g/mol. The van der Waals surface area contributed by atoms with Crippen LogP contribution in [0.4, 0.5) is 25.5 Å². The standard InChI is InChI=1S/C20H25F2N7S/c1-13-9-24-18(26-16-7-14(2)28-30-16)27-17(13)29-11-19(12-29,5-6-23)25-10-15-3-4-20(21,22)8-15/h7,9,15,25H,3-5,8,10-12H2,1-2H3,(H,24,26,27). The van der Waals surface area contributed by atoms with E-state index in [0.717, 1.165) is 22.1 Å². The zero-order valence-electron chi connectivity index (χ0n) is 17.1. The van der Waals surface area contributed by atoms with Gasteiger partial charge in [0, 0.05) is 37.7 Å². The van der Waals surface area contributed by atoms with Gasteiger partial charge in [-0.15, -0.1) is 0 Å². The molecule has 1 saturated carbocycles. The third-order valence-electron chi connectivity index (χ3n) is 5.78. The average molecular weight is 434 g/mol. The maximum Gasteiger partial charge on any atom is 0.248 e. The van der Waals surface area contributed by atoms with E-state index in [1.165, 1.54) is 11.5 Å². The van der Waals surface area contributed by atoms with Crippen LogP contribution in [-0.2, 0) is 0 Å². The van der Waals surface area contributed by atoms with Gasteiger partial charge in [-0.2, -0.15) is 14.6 Å². The predicted octanol–water partition coefficient (Wildman–Crippen LogP) is 3.79. The summed E-state index contributed by atoms with van der Waals surface area (Å²) in [4.78, 5) is 11.1. The van der Waals surface area contributed by atoms with Crippen molar-refractivity contribution in [2.45, 2.75) is 51.0 Å². The molecule has 0 aromatic carbocycles. The van der Waals surface area contributed by atoms with E-state index in [2.05, 4.69) is 35.9 Å². The van der Waals surface area contributed by atoms with Crippen molar-refractivity contribution in [1.29, 1.82) is 5.26 Å². The molecule has 2 N–H and O–H groups in total. The topological polar surface area (TPSA) is 89.8 Å². The van der Waals surface area contributed by atoms with Gasteiger partial charge in [0.1, 0.15) is 10.8 Å². The lowest BCUT2D eigenvalue weighted by molar-refractivity contribution is 0.00465. The van der Waals surface area contributed by atoms with Gasteiger partial charge in [0.05, 0.1) is 23.7 Å². The monoisotopic (exact) mass is 433 g/mol. The quantitative estimate of drug-likeness (QED) is 0.687. The number of hydrogen-bond donors (Lipinski definition) is 2. The lowest BCUT2D eigenvalue weighted by Crippen LogP contribution is -2.70. The first-order chi connectivity index (χ1) is 14.3. The highest BCUT2D eigenvalue weighted by atomic mass is 32.1. The Labute approximate surface area is 178 Å². The summed E-state index contributed by atoms with van der Waals surface area (Å²) in [7, 11) is 0. The minimum atomic E-state index is -2.54. The van der Waals surface area contributed by atoms with Gasteiger partial charge in [0.2, 0.25) is 11.9 Å². The number of rotatable bonds is 7. The number of aromatic nitrogens is 3. The van der Waals surface area contributed by atoms with Crippen LogP contribution in [0.25, 0.3) is 0 Å². The highest BCUT2D eigenvalue weighted by Crippen LogP contribution is 2.39. The van der Waals surface area contributed by atoms with Crippen molar-refractivity contribution in [3.05, 3.63) is 23.5 Å². The van der Waals surface area contributed by atoms with E-state index < -0.39 is 5.92 Å². The lowest BCUT2D eigenvalue weighted by Gasteiger charge is -2.51. The fourth-order valence-electron chi connectivity index (χ4n) is 4.19. The molecule has 160 valence electrons. The van der Waals surface area contributed by atoms with Gasteiger partial charge < -0.3 is 15.5 Å². The van der Waals surface area contributed by atoms with E-state index in [4.69, 9.17) is 0 Å². The number of hydrogen-bond acceptors (Lipinski definition) is 8. The zero-order valence-corrected chi connectivity index (χ0v) is 17.9. The number of halogens is 2. The Morgan fingerprint density at radius 3 is 2.80 bits per heavy atom. The molecule has 2 aromatic heterocycles. The van der Waals surface area contributed by atoms with Crippen LogP contribution >= 0.6 is 11.5 Å². The van der Waals surface area contributed by atoms with Crippen molar-refractivity contribution in [3.63, 3.8) is 0 Å². The largest absolute Gasteiger partial charge is 0.352 e. The molecular formula is C20H25F2N7S. The number of aryl methyl sites for hydroxylation is 2. The summed E-state index contributed by atoms with van der Waals surface area (Å²) in [6.45, 7) is 5.62.